The highest BCUT2D eigenvalue weighted by molar-refractivity contribution is 5.97. The third-order valence-corrected chi connectivity index (χ3v) is 7.77. The molecule has 0 spiro atoms. The van der Waals surface area contributed by atoms with Crippen molar-refractivity contribution < 1.29 is 28.5 Å². The van der Waals surface area contributed by atoms with Crippen molar-refractivity contribution in [1.82, 2.24) is 14.1 Å². The molecule has 204 valence electrons. The summed E-state index contributed by atoms with van der Waals surface area (Å²) >= 11 is 0. The maximum absolute atomic E-state index is 13.9. The van der Waals surface area contributed by atoms with E-state index in [0.29, 0.717) is 19.7 Å². The van der Waals surface area contributed by atoms with Gasteiger partial charge in [-0.3, -0.25) is 19.3 Å². The number of para-hydroxylation sites is 1. The van der Waals surface area contributed by atoms with Gasteiger partial charge in [-0.25, -0.2) is 4.79 Å². The Kier molecular flexibility index (Phi) is 5.74. The molecule has 2 aromatic carbocycles. The van der Waals surface area contributed by atoms with Crippen LogP contribution in [0.25, 0.3) is 10.9 Å². The summed E-state index contributed by atoms with van der Waals surface area (Å²) in [5.41, 5.74) is 3.95. The van der Waals surface area contributed by atoms with Gasteiger partial charge in [-0.2, -0.15) is 0 Å². The molecule has 7 rings (SSSR count). The lowest BCUT2D eigenvalue weighted by molar-refractivity contribution is -0.0208. The van der Waals surface area contributed by atoms with Gasteiger partial charge in [0.05, 0.1) is 25.8 Å². The summed E-state index contributed by atoms with van der Waals surface area (Å²) < 4.78 is 24.8. The minimum Gasteiger partial charge on any atom is -0.451 e. The SMILES string of the molecule is COC(=O)OCOc1c2n(ccc1=O)N(C1c3ccccc3Cn3ccc4cccc1c43)C1COCCN1C2=O. The summed E-state index contributed by atoms with van der Waals surface area (Å²) in [6.45, 7) is 1.11. The van der Waals surface area contributed by atoms with E-state index in [-0.39, 0.29) is 30.0 Å². The molecule has 2 aromatic heterocycles. The van der Waals surface area contributed by atoms with E-state index in [9.17, 15) is 14.4 Å². The molecule has 0 saturated carbocycles. The summed E-state index contributed by atoms with van der Waals surface area (Å²) in [5, 5.41) is 3.21. The maximum atomic E-state index is 13.9. The number of pyridine rings is 1. The van der Waals surface area contributed by atoms with Crippen molar-refractivity contribution in [2.75, 3.05) is 38.7 Å². The molecule has 1 saturated heterocycles. The molecule has 0 bridgehead atoms. The van der Waals surface area contributed by atoms with E-state index in [4.69, 9.17) is 14.2 Å². The predicted octanol–water partition coefficient (Wildman–Crippen LogP) is 2.82. The van der Waals surface area contributed by atoms with Crippen LogP contribution in [0.1, 0.15) is 33.2 Å². The zero-order chi connectivity index (χ0) is 27.4. The van der Waals surface area contributed by atoms with Crippen molar-refractivity contribution in [3.05, 3.63) is 99.6 Å². The lowest BCUT2D eigenvalue weighted by Gasteiger charge is -2.51. The number of hydrogen-bond acceptors (Lipinski definition) is 8. The van der Waals surface area contributed by atoms with Gasteiger partial charge in [0.1, 0.15) is 12.2 Å². The molecule has 40 heavy (non-hydrogen) atoms. The molecule has 5 heterocycles. The summed E-state index contributed by atoms with van der Waals surface area (Å²) in [5.74, 6) is -0.561. The first-order chi connectivity index (χ1) is 19.6. The highest BCUT2D eigenvalue weighted by Crippen LogP contribution is 2.41. The smallest absolute Gasteiger partial charge is 0.451 e. The van der Waals surface area contributed by atoms with Crippen LogP contribution in [0.3, 0.4) is 0 Å². The Morgan fingerprint density at radius 3 is 2.75 bits per heavy atom. The number of amides is 1. The Morgan fingerprint density at radius 2 is 1.88 bits per heavy atom. The highest BCUT2D eigenvalue weighted by atomic mass is 16.8. The second-order valence-corrected chi connectivity index (χ2v) is 9.83. The van der Waals surface area contributed by atoms with E-state index in [0.717, 1.165) is 27.6 Å². The van der Waals surface area contributed by atoms with Crippen molar-refractivity contribution in [3.8, 4) is 5.75 Å². The molecule has 0 N–H and O–H groups in total. The van der Waals surface area contributed by atoms with Crippen LogP contribution in [-0.4, -0.2) is 66.0 Å². The number of ether oxygens (including phenoxy) is 4. The molecule has 0 radical (unpaired) electrons. The Morgan fingerprint density at radius 1 is 1.02 bits per heavy atom. The van der Waals surface area contributed by atoms with E-state index in [1.807, 2.05) is 18.2 Å². The van der Waals surface area contributed by atoms with Gasteiger partial charge in [-0.1, -0.05) is 42.5 Å². The van der Waals surface area contributed by atoms with Crippen molar-refractivity contribution >= 4 is 23.0 Å². The summed E-state index contributed by atoms with van der Waals surface area (Å²) in [7, 11) is 1.17. The van der Waals surface area contributed by atoms with Crippen LogP contribution in [-0.2, 0) is 20.8 Å². The topological polar surface area (TPSA) is 104 Å². The Labute approximate surface area is 228 Å². The lowest BCUT2D eigenvalue weighted by atomic mass is 9.93. The van der Waals surface area contributed by atoms with Crippen LogP contribution in [0.4, 0.5) is 4.79 Å². The van der Waals surface area contributed by atoms with Gasteiger partial charge in [-0.15, -0.1) is 0 Å². The van der Waals surface area contributed by atoms with Crippen molar-refractivity contribution in [2.24, 2.45) is 0 Å². The second-order valence-electron chi connectivity index (χ2n) is 9.83. The quantitative estimate of drug-likeness (QED) is 0.287. The predicted molar refractivity (Wildman–Crippen MR) is 143 cm³/mol. The van der Waals surface area contributed by atoms with Crippen molar-refractivity contribution in [3.63, 3.8) is 0 Å². The van der Waals surface area contributed by atoms with Crippen LogP contribution in [0, 0.1) is 0 Å². The van der Waals surface area contributed by atoms with Crippen molar-refractivity contribution in [1.29, 1.82) is 0 Å². The van der Waals surface area contributed by atoms with Gasteiger partial charge < -0.3 is 28.4 Å². The first kappa shape index (κ1) is 24.3. The molecule has 11 heteroatoms. The average Bonchev–Trinajstić information content (AvgIpc) is 3.33. The molecule has 4 aromatic rings. The molecule has 3 aliphatic rings. The number of methoxy groups -OCH3 is 1. The van der Waals surface area contributed by atoms with Gasteiger partial charge in [-0.05, 0) is 22.6 Å². The standard InChI is InChI=1S/C29H26N4O7/c1-37-29(36)40-17-39-27-22(34)10-12-32-26(27)28(35)31-13-14-38-16-23(31)33(32)25-20-7-3-2-5-19(20)15-30-11-9-18-6-4-8-21(25)24(18)30/h2-12,23,25H,13-17H2,1H3. The van der Waals surface area contributed by atoms with E-state index < -0.39 is 24.5 Å². The van der Waals surface area contributed by atoms with Crippen molar-refractivity contribution in [2.45, 2.75) is 18.8 Å². The van der Waals surface area contributed by atoms with Gasteiger partial charge in [0.2, 0.25) is 18.0 Å². The normalized spacial score (nSPS) is 19.4. The van der Waals surface area contributed by atoms with Crippen LogP contribution in [0.15, 0.2) is 71.8 Å². The number of fused-ring (bicyclic) bond motifs is 3. The zero-order valence-electron chi connectivity index (χ0n) is 21.7. The average molecular weight is 543 g/mol. The minimum atomic E-state index is -0.961. The van der Waals surface area contributed by atoms with Crippen LogP contribution >= 0.6 is 0 Å². The summed E-state index contributed by atoms with van der Waals surface area (Å²) in [6, 6.07) is 17.6. The molecule has 3 aliphatic heterocycles. The summed E-state index contributed by atoms with van der Waals surface area (Å²) in [6.07, 6.45) is 2.28. The number of carbonyl (C=O) groups is 2. The number of benzene rings is 2. The number of nitrogens with zero attached hydrogens (tertiary/aromatic N) is 4. The molecule has 0 aliphatic carbocycles. The number of hydrogen-bond donors (Lipinski definition) is 0. The fourth-order valence-electron chi connectivity index (χ4n) is 6.08. The van der Waals surface area contributed by atoms with Gasteiger partial charge in [0.15, 0.2) is 5.69 Å². The Bertz CT molecular complexity index is 1710. The van der Waals surface area contributed by atoms with E-state index in [1.165, 1.54) is 13.2 Å². The molecule has 11 nitrogen and oxygen atoms in total. The first-order valence-electron chi connectivity index (χ1n) is 13.0. The lowest BCUT2D eigenvalue weighted by Crippen LogP contribution is -2.66. The molecule has 2 unspecified atom stereocenters. The monoisotopic (exact) mass is 542 g/mol. The van der Waals surface area contributed by atoms with Crippen LogP contribution < -0.4 is 15.2 Å². The fraction of sp³-hybridized carbons (Fsp3) is 0.276. The third kappa shape index (κ3) is 3.65. The number of rotatable bonds is 4. The highest BCUT2D eigenvalue weighted by Gasteiger charge is 2.46. The van der Waals surface area contributed by atoms with E-state index >= 15 is 0 Å². The van der Waals surface area contributed by atoms with Gasteiger partial charge >= 0.3 is 6.16 Å². The van der Waals surface area contributed by atoms with E-state index in [1.54, 1.807) is 15.8 Å². The van der Waals surface area contributed by atoms with Crippen LogP contribution in [0.2, 0.25) is 0 Å². The molecular weight excluding hydrogens is 516 g/mol. The minimum absolute atomic E-state index is 0.0587. The van der Waals surface area contributed by atoms with Gasteiger partial charge in [0, 0.05) is 37.1 Å². The van der Waals surface area contributed by atoms with Crippen LogP contribution in [0.5, 0.6) is 5.75 Å². The van der Waals surface area contributed by atoms with Gasteiger partial charge in [0.25, 0.3) is 5.91 Å². The first-order valence-corrected chi connectivity index (χ1v) is 13.0. The second kappa shape index (κ2) is 9.45. The summed E-state index contributed by atoms with van der Waals surface area (Å²) in [4.78, 5) is 40.2. The largest absolute Gasteiger partial charge is 0.510 e. The number of morpholine rings is 1. The third-order valence-electron chi connectivity index (χ3n) is 7.77. The molecular formula is C29H26N4O7. The molecule has 1 fully saturated rings. The maximum Gasteiger partial charge on any atom is 0.510 e. The number of carbonyl (C=O) groups excluding carboxylic acids is 2. The zero-order valence-corrected chi connectivity index (χ0v) is 21.7. The molecule has 1 amide bonds. The molecule has 2 atom stereocenters. The fourth-order valence-corrected chi connectivity index (χ4v) is 6.08. The van der Waals surface area contributed by atoms with E-state index in [2.05, 4.69) is 50.8 Å². The Hall–Kier alpha value is -4.77. The number of aromatic nitrogens is 2. The Balaban J connectivity index is 1.46.